The van der Waals surface area contributed by atoms with Gasteiger partial charge in [-0.2, -0.15) is 0 Å². The average molecular weight is 138 g/mol. The molecule has 1 rings (SSSR count). The number of hydrogen-bond acceptors (Lipinski definition) is 3. The number of carbonyl (C=O) groups excluding carboxylic acids is 1. The van der Waals surface area contributed by atoms with Crippen LogP contribution in [0.2, 0.25) is 0 Å². The predicted octanol–water partition coefficient (Wildman–Crippen LogP) is -0.558. The third-order valence-electron chi connectivity index (χ3n) is 1.05. The number of aromatic nitrogens is 2. The van der Waals surface area contributed by atoms with Crippen molar-refractivity contribution in [1.29, 1.82) is 0 Å². The highest BCUT2D eigenvalue weighted by molar-refractivity contribution is 5.48. The first-order chi connectivity index (χ1) is 4.84. The van der Waals surface area contributed by atoms with Crippen molar-refractivity contribution in [3.63, 3.8) is 0 Å². The Labute approximate surface area is 57.1 Å². The SMILES string of the molecule is O=CCn1cccnc1=O. The monoisotopic (exact) mass is 138 g/mol. The lowest BCUT2D eigenvalue weighted by atomic mass is 10.6. The summed E-state index contributed by atoms with van der Waals surface area (Å²) in [6, 6.07) is 1.60. The predicted molar refractivity (Wildman–Crippen MR) is 34.6 cm³/mol. The molecule has 0 aliphatic rings. The van der Waals surface area contributed by atoms with Gasteiger partial charge in [0.05, 0.1) is 6.54 Å². The second-order valence-corrected chi connectivity index (χ2v) is 1.72. The molecule has 4 nitrogen and oxygen atoms in total. The highest BCUT2D eigenvalue weighted by Crippen LogP contribution is 1.74. The molecule has 0 aliphatic heterocycles. The number of hydrogen-bond donors (Lipinski definition) is 0. The van der Waals surface area contributed by atoms with Crippen LogP contribution in [0, 0.1) is 0 Å². The molecule has 0 amide bonds. The fraction of sp³-hybridized carbons (Fsp3) is 0.167. The highest BCUT2D eigenvalue weighted by Gasteiger charge is 1.89. The largest absolute Gasteiger partial charge is 0.347 e. The van der Waals surface area contributed by atoms with Crippen molar-refractivity contribution in [3.05, 3.63) is 28.9 Å². The Morgan fingerprint density at radius 2 is 2.50 bits per heavy atom. The molecule has 0 aromatic carbocycles. The molecule has 0 aliphatic carbocycles. The minimum Gasteiger partial charge on any atom is -0.301 e. The maximum absolute atomic E-state index is 10.7. The maximum atomic E-state index is 10.7. The summed E-state index contributed by atoms with van der Waals surface area (Å²) in [5, 5.41) is 0. The van der Waals surface area contributed by atoms with Gasteiger partial charge in [0.2, 0.25) is 0 Å². The molecular formula is C6H6N2O2. The van der Waals surface area contributed by atoms with Crippen LogP contribution in [0.1, 0.15) is 0 Å². The molecule has 0 unspecified atom stereocenters. The van der Waals surface area contributed by atoms with Gasteiger partial charge in [0, 0.05) is 12.4 Å². The van der Waals surface area contributed by atoms with E-state index in [-0.39, 0.29) is 6.54 Å². The normalized spacial score (nSPS) is 9.20. The summed E-state index contributed by atoms with van der Waals surface area (Å²) >= 11 is 0. The summed E-state index contributed by atoms with van der Waals surface area (Å²) in [6.07, 6.45) is 3.57. The van der Waals surface area contributed by atoms with E-state index in [1.807, 2.05) is 0 Å². The van der Waals surface area contributed by atoms with Crippen LogP contribution in [0.5, 0.6) is 0 Å². The standard InChI is InChI=1S/C6H6N2O2/c9-5-4-8-3-1-2-7-6(8)10/h1-3,5H,4H2. The summed E-state index contributed by atoms with van der Waals surface area (Å²) in [5.74, 6) is 0. The zero-order chi connectivity index (χ0) is 7.40. The molecule has 0 saturated carbocycles. The maximum Gasteiger partial charge on any atom is 0.347 e. The van der Waals surface area contributed by atoms with Gasteiger partial charge in [0.15, 0.2) is 0 Å². The van der Waals surface area contributed by atoms with Gasteiger partial charge in [-0.3, -0.25) is 4.57 Å². The fourth-order valence-electron chi connectivity index (χ4n) is 0.606. The molecular weight excluding hydrogens is 132 g/mol. The summed E-state index contributed by atoms with van der Waals surface area (Å²) < 4.78 is 1.23. The van der Waals surface area contributed by atoms with Gasteiger partial charge < -0.3 is 4.79 Å². The van der Waals surface area contributed by atoms with E-state index in [4.69, 9.17) is 0 Å². The van der Waals surface area contributed by atoms with Crippen molar-refractivity contribution >= 4 is 6.29 Å². The van der Waals surface area contributed by atoms with Crippen molar-refractivity contribution in [2.24, 2.45) is 0 Å². The van der Waals surface area contributed by atoms with Crippen molar-refractivity contribution in [2.75, 3.05) is 0 Å². The van der Waals surface area contributed by atoms with Gasteiger partial charge in [-0.15, -0.1) is 0 Å². The van der Waals surface area contributed by atoms with Gasteiger partial charge >= 0.3 is 5.69 Å². The van der Waals surface area contributed by atoms with E-state index in [0.29, 0.717) is 6.29 Å². The van der Waals surface area contributed by atoms with Crippen LogP contribution < -0.4 is 5.69 Å². The summed E-state index contributed by atoms with van der Waals surface area (Å²) in [7, 11) is 0. The van der Waals surface area contributed by atoms with Crippen molar-refractivity contribution < 1.29 is 4.79 Å². The first-order valence-corrected chi connectivity index (χ1v) is 2.79. The van der Waals surface area contributed by atoms with Crippen LogP contribution >= 0.6 is 0 Å². The molecule has 52 valence electrons. The van der Waals surface area contributed by atoms with E-state index in [2.05, 4.69) is 4.98 Å². The Morgan fingerprint density at radius 1 is 1.70 bits per heavy atom. The van der Waals surface area contributed by atoms with Crippen LogP contribution in [0.15, 0.2) is 23.3 Å². The van der Waals surface area contributed by atoms with Crippen molar-refractivity contribution in [3.8, 4) is 0 Å². The molecule has 0 N–H and O–H groups in total. The molecule has 1 heterocycles. The first-order valence-electron chi connectivity index (χ1n) is 2.79. The molecule has 0 saturated heterocycles. The second kappa shape index (κ2) is 2.91. The van der Waals surface area contributed by atoms with Gasteiger partial charge in [0.25, 0.3) is 0 Å². The van der Waals surface area contributed by atoms with E-state index in [1.54, 1.807) is 6.07 Å². The molecule has 10 heavy (non-hydrogen) atoms. The number of aldehydes is 1. The number of nitrogens with zero attached hydrogens (tertiary/aromatic N) is 2. The van der Waals surface area contributed by atoms with E-state index in [1.165, 1.54) is 17.0 Å². The lowest BCUT2D eigenvalue weighted by Gasteiger charge is -1.94. The van der Waals surface area contributed by atoms with E-state index < -0.39 is 5.69 Å². The molecule has 0 spiro atoms. The first kappa shape index (κ1) is 6.67. The Kier molecular flexibility index (Phi) is 1.94. The minimum atomic E-state index is -0.394. The fourth-order valence-corrected chi connectivity index (χ4v) is 0.606. The number of carbonyl (C=O) groups is 1. The van der Waals surface area contributed by atoms with Crippen LogP contribution in [0.4, 0.5) is 0 Å². The van der Waals surface area contributed by atoms with Crippen LogP contribution in [0.25, 0.3) is 0 Å². The molecule has 0 fully saturated rings. The topological polar surface area (TPSA) is 52.0 Å². The Morgan fingerprint density at radius 3 is 3.10 bits per heavy atom. The average Bonchev–Trinajstić information content (AvgIpc) is 1.94. The van der Waals surface area contributed by atoms with Gasteiger partial charge in [-0.25, -0.2) is 9.78 Å². The molecule has 0 bridgehead atoms. The number of rotatable bonds is 2. The molecule has 0 radical (unpaired) electrons. The van der Waals surface area contributed by atoms with E-state index in [0.717, 1.165) is 0 Å². The Bertz CT molecular complexity index is 279. The lowest BCUT2D eigenvalue weighted by Crippen LogP contribution is -2.21. The molecule has 4 heteroatoms. The third-order valence-corrected chi connectivity index (χ3v) is 1.05. The Balaban J connectivity index is 3.03. The summed E-state index contributed by atoms with van der Waals surface area (Å²) in [5.41, 5.74) is -0.394. The van der Waals surface area contributed by atoms with Gasteiger partial charge in [-0.1, -0.05) is 0 Å². The smallest absolute Gasteiger partial charge is 0.301 e. The molecule has 0 atom stereocenters. The van der Waals surface area contributed by atoms with E-state index >= 15 is 0 Å². The third kappa shape index (κ3) is 1.28. The zero-order valence-electron chi connectivity index (χ0n) is 5.23. The quantitative estimate of drug-likeness (QED) is 0.515. The minimum absolute atomic E-state index is 0.0761. The molecule has 1 aromatic rings. The van der Waals surface area contributed by atoms with E-state index in [9.17, 15) is 9.59 Å². The second-order valence-electron chi connectivity index (χ2n) is 1.72. The van der Waals surface area contributed by atoms with Crippen LogP contribution in [-0.2, 0) is 11.3 Å². The zero-order valence-corrected chi connectivity index (χ0v) is 5.23. The molecule has 1 aromatic heterocycles. The lowest BCUT2D eigenvalue weighted by molar-refractivity contribution is -0.108. The van der Waals surface area contributed by atoms with Crippen LogP contribution in [-0.4, -0.2) is 15.8 Å². The Hall–Kier alpha value is -1.45. The summed E-state index contributed by atoms with van der Waals surface area (Å²) in [4.78, 5) is 24.1. The van der Waals surface area contributed by atoms with Crippen molar-refractivity contribution in [1.82, 2.24) is 9.55 Å². The summed E-state index contributed by atoms with van der Waals surface area (Å²) in [6.45, 7) is 0.0761. The highest BCUT2D eigenvalue weighted by atomic mass is 16.1. The van der Waals surface area contributed by atoms with Crippen molar-refractivity contribution in [2.45, 2.75) is 6.54 Å². The van der Waals surface area contributed by atoms with Gasteiger partial charge in [-0.05, 0) is 6.07 Å². The van der Waals surface area contributed by atoms with Crippen LogP contribution in [0.3, 0.4) is 0 Å². The van der Waals surface area contributed by atoms with Gasteiger partial charge in [0.1, 0.15) is 6.29 Å².